The lowest BCUT2D eigenvalue weighted by Crippen LogP contribution is -2.45. The first-order valence-electron chi connectivity index (χ1n) is 9.16. The maximum absolute atomic E-state index is 12.6. The van der Waals surface area contributed by atoms with Crippen molar-refractivity contribution in [1.29, 1.82) is 0 Å². The molecule has 0 aromatic heterocycles. The number of benzene rings is 1. The maximum Gasteiger partial charge on any atom is 0.408 e. The highest BCUT2D eigenvalue weighted by Crippen LogP contribution is 2.23. The van der Waals surface area contributed by atoms with Crippen LogP contribution in [0.15, 0.2) is 30.3 Å². The summed E-state index contributed by atoms with van der Waals surface area (Å²) < 4.78 is 21.7. The van der Waals surface area contributed by atoms with Crippen molar-refractivity contribution >= 4 is 12.1 Å². The van der Waals surface area contributed by atoms with Crippen LogP contribution in [0.4, 0.5) is 4.79 Å². The number of ether oxygens (including phenoxy) is 4. The summed E-state index contributed by atoms with van der Waals surface area (Å²) >= 11 is 0. The number of alkyl carbamates (subject to hydrolysis) is 1. The predicted octanol–water partition coefficient (Wildman–Crippen LogP) is 3.58. The Morgan fingerprint density at radius 3 is 2.22 bits per heavy atom. The van der Waals surface area contributed by atoms with Gasteiger partial charge in [-0.3, -0.25) is 0 Å². The summed E-state index contributed by atoms with van der Waals surface area (Å²) in [5.74, 6) is -0.589. The average Bonchev–Trinajstić information content (AvgIpc) is 2.57. The normalized spacial score (nSPS) is 14.7. The molecular formula is C20H31NO6. The van der Waals surface area contributed by atoms with E-state index in [2.05, 4.69) is 5.32 Å². The molecule has 7 heteroatoms. The lowest BCUT2D eigenvalue weighted by molar-refractivity contribution is -0.191. The first-order valence-corrected chi connectivity index (χ1v) is 9.16. The molecule has 0 aliphatic rings. The largest absolute Gasteiger partial charge is 0.464 e. The summed E-state index contributed by atoms with van der Waals surface area (Å²) in [5.41, 5.74) is 0.00891. The highest BCUT2D eigenvalue weighted by molar-refractivity contribution is 5.78. The molecule has 3 atom stereocenters. The molecule has 0 aliphatic heterocycles. The van der Waals surface area contributed by atoms with Crippen molar-refractivity contribution in [3.05, 3.63) is 35.9 Å². The second kappa shape index (κ2) is 10.9. The molecular weight excluding hydrogens is 350 g/mol. The quantitative estimate of drug-likeness (QED) is 0.520. The van der Waals surface area contributed by atoms with Crippen LogP contribution in [0.1, 0.15) is 53.1 Å². The second-order valence-electron chi connectivity index (χ2n) is 6.87. The third kappa shape index (κ3) is 8.41. The van der Waals surface area contributed by atoms with Crippen LogP contribution in [0, 0.1) is 0 Å². The molecule has 1 aromatic carbocycles. The summed E-state index contributed by atoms with van der Waals surface area (Å²) in [7, 11) is 0. The van der Waals surface area contributed by atoms with E-state index in [0.29, 0.717) is 12.2 Å². The van der Waals surface area contributed by atoms with Gasteiger partial charge in [0, 0.05) is 6.61 Å². The highest BCUT2D eigenvalue weighted by atomic mass is 16.7. The van der Waals surface area contributed by atoms with Gasteiger partial charge >= 0.3 is 12.1 Å². The van der Waals surface area contributed by atoms with E-state index in [1.807, 2.05) is 25.1 Å². The lowest BCUT2D eigenvalue weighted by Gasteiger charge is -2.30. The van der Waals surface area contributed by atoms with Crippen LogP contribution in [0.25, 0.3) is 0 Å². The highest BCUT2D eigenvalue weighted by Gasteiger charge is 2.35. The van der Waals surface area contributed by atoms with Crippen molar-refractivity contribution in [3.8, 4) is 0 Å². The molecule has 0 spiro atoms. The van der Waals surface area contributed by atoms with E-state index >= 15 is 0 Å². The third-order valence-corrected chi connectivity index (χ3v) is 3.39. The van der Waals surface area contributed by atoms with E-state index in [0.717, 1.165) is 0 Å². The van der Waals surface area contributed by atoms with Crippen LogP contribution in [0.3, 0.4) is 0 Å². The Bertz CT molecular complexity index is 584. The molecule has 7 nitrogen and oxygen atoms in total. The van der Waals surface area contributed by atoms with Crippen molar-refractivity contribution in [2.45, 2.75) is 65.6 Å². The van der Waals surface area contributed by atoms with Crippen molar-refractivity contribution in [2.24, 2.45) is 0 Å². The van der Waals surface area contributed by atoms with Gasteiger partial charge in [-0.05, 0) is 47.1 Å². The number of rotatable bonds is 9. The fourth-order valence-electron chi connectivity index (χ4n) is 2.40. The van der Waals surface area contributed by atoms with E-state index in [1.54, 1.807) is 46.8 Å². The molecule has 0 fully saturated rings. The average molecular weight is 381 g/mol. The van der Waals surface area contributed by atoms with E-state index in [9.17, 15) is 9.59 Å². The Kier molecular flexibility index (Phi) is 9.25. The van der Waals surface area contributed by atoms with Crippen LogP contribution in [-0.2, 0) is 23.7 Å². The van der Waals surface area contributed by atoms with Gasteiger partial charge in [0.15, 0.2) is 12.4 Å². The molecule has 0 saturated carbocycles. The minimum atomic E-state index is -1.10. The number of hydrogen-bond donors (Lipinski definition) is 1. The van der Waals surface area contributed by atoms with Crippen LogP contribution in [0.5, 0.6) is 0 Å². The SMILES string of the molecule is CCOC(=O)C(OC(C)OCC)C(NC(=O)OC(C)(C)C)c1ccccc1. The van der Waals surface area contributed by atoms with E-state index < -0.39 is 36.1 Å². The Balaban J connectivity index is 3.16. The zero-order valence-electron chi connectivity index (χ0n) is 17.0. The minimum Gasteiger partial charge on any atom is -0.464 e. The van der Waals surface area contributed by atoms with Crippen molar-refractivity contribution in [1.82, 2.24) is 5.32 Å². The molecule has 3 unspecified atom stereocenters. The third-order valence-electron chi connectivity index (χ3n) is 3.39. The molecule has 0 bridgehead atoms. The Hall–Kier alpha value is -2.12. The second-order valence-corrected chi connectivity index (χ2v) is 6.87. The summed E-state index contributed by atoms with van der Waals surface area (Å²) in [6.07, 6.45) is -2.41. The Morgan fingerprint density at radius 2 is 1.70 bits per heavy atom. The van der Waals surface area contributed by atoms with Gasteiger partial charge in [0.25, 0.3) is 0 Å². The molecule has 0 aliphatic carbocycles. The minimum absolute atomic E-state index is 0.190. The molecule has 0 radical (unpaired) electrons. The van der Waals surface area contributed by atoms with Gasteiger partial charge in [0.2, 0.25) is 0 Å². The summed E-state index contributed by atoms with van der Waals surface area (Å²) in [6, 6.07) is 8.26. The van der Waals surface area contributed by atoms with Gasteiger partial charge in [-0.2, -0.15) is 0 Å². The van der Waals surface area contributed by atoms with Crippen LogP contribution >= 0.6 is 0 Å². The number of esters is 1. The number of carbonyl (C=O) groups is 2. The smallest absolute Gasteiger partial charge is 0.408 e. The zero-order valence-corrected chi connectivity index (χ0v) is 17.0. The van der Waals surface area contributed by atoms with Gasteiger partial charge in [-0.1, -0.05) is 30.3 Å². The molecule has 1 amide bonds. The summed E-state index contributed by atoms with van der Waals surface area (Å²) in [4.78, 5) is 24.9. The van der Waals surface area contributed by atoms with Crippen molar-refractivity contribution < 1.29 is 28.5 Å². The maximum atomic E-state index is 12.6. The molecule has 0 saturated heterocycles. The molecule has 152 valence electrons. The summed E-state index contributed by atoms with van der Waals surface area (Å²) in [6.45, 7) is 11.1. The number of nitrogens with one attached hydrogen (secondary N) is 1. The Labute approximate surface area is 161 Å². The van der Waals surface area contributed by atoms with Crippen molar-refractivity contribution in [3.63, 3.8) is 0 Å². The molecule has 0 heterocycles. The van der Waals surface area contributed by atoms with Crippen LogP contribution in [0.2, 0.25) is 0 Å². The monoisotopic (exact) mass is 381 g/mol. The Morgan fingerprint density at radius 1 is 1.07 bits per heavy atom. The first kappa shape index (κ1) is 22.9. The molecule has 27 heavy (non-hydrogen) atoms. The van der Waals surface area contributed by atoms with E-state index in [-0.39, 0.29) is 6.61 Å². The first-order chi connectivity index (χ1) is 12.7. The molecule has 1 rings (SSSR count). The lowest BCUT2D eigenvalue weighted by atomic mass is 10.0. The van der Waals surface area contributed by atoms with Crippen molar-refractivity contribution in [2.75, 3.05) is 13.2 Å². The number of amides is 1. The summed E-state index contributed by atoms with van der Waals surface area (Å²) in [5, 5.41) is 2.73. The van der Waals surface area contributed by atoms with E-state index in [4.69, 9.17) is 18.9 Å². The van der Waals surface area contributed by atoms with Gasteiger partial charge in [-0.15, -0.1) is 0 Å². The van der Waals surface area contributed by atoms with Gasteiger partial charge in [0.1, 0.15) is 5.60 Å². The van der Waals surface area contributed by atoms with Crippen LogP contribution in [-0.4, -0.2) is 43.3 Å². The fourth-order valence-corrected chi connectivity index (χ4v) is 2.40. The molecule has 1 N–H and O–H groups in total. The van der Waals surface area contributed by atoms with E-state index in [1.165, 1.54) is 0 Å². The molecule has 1 aromatic rings. The van der Waals surface area contributed by atoms with Crippen LogP contribution < -0.4 is 5.32 Å². The predicted molar refractivity (Wildman–Crippen MR) is 101 cm³/mol. The van der Waals surface area contributed by atoms with Gasteiger partial charge < -0.3 is 24.3 Å². The zero-order chi connectivity index (χ0) is 20.4. The topological polar surface area (TPSA) is 83.1 Å². The fraction of sp³-hybridized carbons (Fsp3) is 0.600. The van der Waals surface area contributed by atoms with Gasteiger partial charge in [-0.25, -0.2) is 9.59 Å². The number of carbonyl (C=O) groups excluding carboxylic acids is 2. The standard InChI is InChI=1S/C20H31NO6/c1-7-24-14(3)26-17(18(22)25-8-2)16(15-12-10-9-11-13-15)21-19(23)27-20(4,5)6/h9-14,16-17H,7-8H2,1-6H3,(H,21,23). The number of hydrogen-bond acceptors (Lipinski definition) is 6. The van der Waals surface area contributed by atoms with Gasteiger partial charge in [0.05, 0.1) is 12.6 Å².